The number of aromatic amines is 1. The largest absolute Gasteiger partial charge is 0.455 e. The number of halogens is 2. The van der Waals surface area contributed by atoms with E-state index in [0.29, 0.717) is 16.4 Å². The van der Waals surface area contributed by atoms with Gasteiger partial charge in [0.05, 0.1) is 16.9 Å². The van der Waals surface area contributed by atoms with Crippen LogP contribution in [0.2, 0.25) is 0 Å². The van der Waals surface area contributed by atoms with Gasteiger partial charge in [0.25, 0.3) is 0 Å². The van der Waals surface area contributed by atoms with Gasteiger partial charge in [0, 0.05) is 33.9 Å². The summed E-state index contributed by atoms with van der Waals surface area (Å²) in [5, 5.41) is 2.72. The molecule has 0 radical (unpaired) electrons. The van der Waals surface area contributed by atoms with Gasteiger partial charge in [-0.25, -0.2) is 14.2 Å². The van der Waals surface area contributed by atoms with Crippen LogP contribution in [-0.2, 0) is 16.1 Å². The van der Waals surface area contributed by atoms with Crippen molar-refractivity contribution >= 4 is 60.9 Å². The Balaban J connectivity index is 1.51. The van der Waals surface area contributed by atoms with Crippen molar-refractivity contribution in [2.24, 2.45) is 0 Å². The number of esters is 1. The van der Waals surface area contributed by atoms with E-state index in [2.05, 4.69) is 25.9 Å². The summed E-state index contributed by atoms with van der Waals surface area (Å²) in [6.45, 7) is 1.27. The molecule has 2 aromatic heterocycles. The molecule has 9 heteroatoms. The van der Waals surface area contributed by atoms with Crippen LogP contribution in [0.1, 0.15) is 23.0 Å². The predicted octanol–water partition coefficient (Wildman–Crippen LogP) is 5.57. The molecule has 1 N–H and O–H groups in total. The first kappa shape index (κ1) is 20.2. The molecule has 0 saturated carbocycles. The van der Waals surface area contributed by atoms with E-state index in [1.807, 2.05) is 18.2 Å². The van der Waals surface area contributed by atoms with E-state index in [-0.39, 0.29) is 18.2 Å². The van der Waals surface area contributed by atoms with Gasteiger partial charge in [-0.1, -0.05) is 28.1 Å². The number of thiazole rings is 1. The first-order chi connectivity index (χ1) is 14.4. The van der Waals surface area contributed by atoms with Crippen LogP contribution in [0.3, 0.4) is 0 Å². The summed E-state index contributed by atoms with van der Waals surface area (Å²) in [4.78, 5) is 33.2. The predicted molar refractivity (Wildman–Crippen MR) is 116 cm³/mol. The number of anilines is 2. The van der Waals surface area contributed by atoms with Crippen LogP contribution in [0.25, 0.3) is 10.9 Å². The van der Waals surface area contributed by atoms with Gasteiger partial charge < -0.3 is 9.72 Å². The van der Waals surface area contributed by atoms with Gasteiger partial charge in [-0.05, 0) is 30.3 Å². The molecule has 152 valence electrons. The molecule has 0 atom stereocenters. The van der Waals surface area contributed by atoms with E-state index in [9.17, 15) is 14.0 Å². The van der Waals surface area contributed by atoms with Crippen molar-refractivity contribution in [1.29, 1.82) is 0 Å². The lowest BCUT2D eigenvalue weighted by atomic mass is 10.2. The fourth-order valence-electron chi connectivity index (χ4n) is 2.98. The molecular formula is C21H15BrFN3O3S. The Morgan fingerprint density at radius 1 is 1.27 bits per heavy atom. The smallest absolute Gasteiger partial charge is 0.340 e. The number of hydrogen-bond donors (Lipinski definition) is 1. The fourth-order valence-corrected chi connectivity index (χ4v) is 4.21. The van der Waals surface area contributed by atoms with Crippen LogP contribution in [0, 0.1) is 5.82 Å². The van der Waals surface area contributed by atoms with Gasteiger partial charge in [-0.15, -0.1) is 11.3 Å². The highest BCUT2D eigenvalue weighted by Gasteiger charge is 2.21. The molecule has 1 amide bonds. The number of para-hydroxylation sites is 1. The molecule has 0 aliphatic rings. The molecule has 4 aromatic rings. The molecule has 0 unspecified atom stereocenters. The molecule has 4 rings (SSSR count). The number of benzene rings is 2. The summed E-state index contributed by atoms with van der Waals surface area (Å²) in [6.07, 6.45) is 1.60. The molecule has 0 aliphatic heterocycles. The Hall–Kier alpha value is -3.04. The molecule has 0 spiro atoms. The van der Waals surface area contributed by atoms with E-state index in [1.165, 1.54) is 35.3 Å². The quantitative estimate of drug-likeness (QED) is 0.373. The summed E-state index contributed by atoms with van der Waals surface area (Å²) in [6, 6.07) is 11.6. The number of nitrogens with one attached hydrogen (secondary N) is 1. The van der Waals surface area contributed by atoms with Crippen LogP contribution < -0.4 is 4.90 Å². The zero-order valence-corrected chi connectivity index (χ0v) is 18.1. The number of carbonyl (C=O) groups is 2. The second kappa shape index (κ2) is 8.37. The second-order valence-corrected chi connectivity index (χ2v) is 8.15. The van der Waals surface area contributed by atoms with Crippen LogP contribution in [0.15, 0.2) is 58.5 Å². The topological polar surface area (TPSA) is 75.3 Å². The third-order valence-corrected chi connectivity index (χ3v) is 5.72. The summed E-state index contributed by atoms with van der Waals surface area (Å²) in [5.41, 5.74) is 1.82. The van der Waals surface area contributed by atoms with E-state index in [0.717, 1.165) is 15.4 Å². The second-order valence-electron chi connectivity index (χ2n) is 6.40. The molecule has 0 bridgehead atoms. The number of rotatable bonds is 5. The maximum Gasteiger partial charge on any atom is 0.340 e. The Morgan fingerprint density at radius 2 is 2.07 bits per heavy atom. The maximum absolute atomic E-state index is 14.2. The monoisotopic (exact) mass is 487 g/mol. The van der Waals surface area contributed by atoms with E-state index in [4.69, 9.17) is 4.74 Å². The molecule has 30 heavy (non-hydrogen) atoms. The van der Waals surface area contributed by atoms with E-state index >= 15 is 0 Å². The van der Waals surface area contributed by atoms with Gasteiger partial charge in [-0.3, -0.25) is 9.69 Å². The van der Waals surface area contributed by atoms with Gasteiger partial charge in [0.2, 0.25) is 5.91 Å². The SMILES string of the molecule is CC(=O)N(c1nc(COC(=O)c2c[nH]c3ccc(Br)cc23)cs1)c1ccccc1F. The Kier molecular flexibility index (Phi) is 5.65. The molecule has 0 saturated heterocycles. The lowest BCUT2D eigenvalue weighted by Crippen LogP contribution is -2.23. The summed E-state index contributed by atoms with van der Waals surface area (Å²) >= 11 is 4.56. The third kappa shape index (κ3) is 3.99. The summed E-state index contributed by atoms with van der Waals surface area (Å²) in [7, 11) is 0. The minimum absolute atomic E-state index is 0.0704. The molecule has 0 fully saturated rings. The van der Waals surface area contributed by atoms with Crippen LogP contribution >= 0.6 is 27.3 Å². The summed E-state index contributed by atoms with van der Waals surface area (Å²) < 4.78 is 20.4. The van der Waals surface area contributed by atoms with Crippen LogP contribution in [-0.4, -0.2) is 21.8 Å². The Labute approximate surface area is 183 Å². The van der Waals surface area contributed by atoms with E-state index in [1.54, 1.807) is 23.7 Å². The van der Waals surface area contributed by atoms with Gasteiger partial charge in [0.1, 0.15) is 12.4 Å². The average molecular weight is 488 g/mol. The summed E-state index contributed by atoms with van der Waals surface area (Å²) in [5.74, 6) is -1.39. The minimum Gasteiger partial charge on any atom is -0.455 e. The van der Waals surface area contributed by atoms with Crippen molar-refractivity contribution in [2.45, 2.75) is 13.5 Å². The average Bonchev–Trinajstić information content (AvgIpc) is 3.34. The van der Waals surface area contributed by atoms with Gasteiger partial charge in [-0.2, -0.15) is 0 Å². The third-order valence-electron chi connectivity index (χ3n) is 4.35. The Morgan fingerprint density at radius 3 is 2.83 bits per heavy atom. The highest BCUT2D eigenvalue weighted by Crippen LogP contribution is 2.31. The zero-order valence-electron chi connectivity index (χ0n) is 15.7. The number of hydrogen-bond acceptors (Lipinski definition) is 5. The fraction of sp³-hybridized carbons (Fsp3) is 0.0952. The Bertz CT molecular complexity index is 1250. The standard InChI is InChI=1S/C21H15BrFN3O3S/c1-12(27)26(19-5-3-2-4-17(19)23)21-25-14(11-30-21)10-29-20(28)16-9-24-18-7-6-13(22)8-15(16)18/h2-9,11,24H,10H2,1H3. The molecule has 6 nitrogen and oxygen atoms in total. The van der Waals surface area contributed by atoms with Gasteiger partial charge in [0.15, 0.2) is 5.13 Å². The van der Waals surface area contributed by atoms with Crippen molar-refractivity contribution in [3.8, 4) is 0 Å². The van der Waals surface area contributed by atoms with E-state index < -0.39 is 11.8 Å². The number of ether oxygens (including phenoxy) is 1. The van der Waals surface area contributed by atoms with Crippen LogP contribution in [0.5, 0.6) is 0 Å². The number of amides is 1. The molecule has 2 aromatic carbocycles. The van der Waals surface area contributed by atoms with Crippen molar-refractivity contribution in [1.82, 2.24) is 9.97 Å². The van der Waals surface area contributed by atoms with Crippen molar-refractivity contribution < 1.29 is 18.7 Å². The highest BCUT2D eigenvalue weighted by molar-refractivity contribution is 9.10. The van der Waals surface area contributed by atoms with Crippen molar-refractivity contribution in [2.75, 3.05) is 4.90 Å². The minimum atomic E-state index is -0.527. The first-order valence-corrected chi connectivity index (χ1v) is 10.5. The molecule has 0 aliphatic carbocycles. The molecule has 2 heterocycles. The number of aromatic nitrogens is 2. The normalized spacial score (nSPS) is 10.9. The number of carbonyl (C=O) groups excluding carboxylic acids is 2. The zero-order chi connectivity index (χ0) is 21.3. The van der Waals surface area contributed by atoms with Crippen molar-refractivity contribution in [3.05, 3.63) is 75.6 Å². The maximum atomic E-state index is 14.2. The first-order valence-electron chi connectivity index (χ1n) is 8.87. The molecular weight excluding hydrogens is 473 g/mol. The van der Waals surface area contributed by atoms with Gasteiger partial charge >= 0.3 is 5.97 Å². The van der Waals surface area contributed by atoms with Crippen molar-refractivity contribution in [3.63, 3.8) is 0 Å². The lowest BCUT2D eigenvalue weighted by Gasteiger charge is -2.18. The number of H-pyrrole nitrogens is 1. The van der Waals surface area contributed by atoms with Crippen LogP contribution in [0.4, 0.5) is 15.2 Å². The highest BCUT2D eigenvalue weighted by atomic mass is 79.9. The lowest BCUT2D eigenvalue weighted by molar-refractivity contribution is -0.115. The number of nitrogens with zero attached hydrogens (tertiary/aromatic N) is 2. The number of fused-ring (bicyclic) bond motifs is 1.